The second-order valence-electron chi connectivity index (χ2n) is 10.7. The number of nitrogens with one attached hydrogen (secondary N) is 2. The molecule has 4 aromatic carbocycles. The van der Waals surface area contributed by atoms with Crippen molar-refractivity contribution in [2.24, 2.45) is 0 Å². The summed E-state index contributed by atoms with van der Waals surface area (Å²) in [5.74, 6) is 2.41. The molecule has 2 N–H and O–H groups in total. The molecule has 0 saturated heterocycles. The largest absolute Gasteiger partial charge is 0.313 e. The Morgan fingerprint density at radius 1 is 0.475 bits per heavy atom. The van der Waals surface area contributed by atoms with Gasteiger partial charge in [-0.15, -0.1) is 23.5 Å². The first-order valence-electron chi connectivity index (χ1n) is 15.5. The zero-order valence-corrected chi connectivity index (χ0v) is 26.3. The Morgan fingerprint density at radius 2 is 0.900 bits per heavy atom. The molecule has 4 aromatic rings. The van der Waals surface area contributed by atoms with Gasteiger partial charge in [-0.25, -0.2) is 0 Å². The lowest BCUT2D eigenvalue weighted by atomic mass is 10.0. The van der Waals surface area contributed by atoms with Gasteiger partial charge in [-0.1, -0.05) is 100 Å². The highest BCUT2D eigenvalue weighted by atomic mass is 32.2. The highest BCUT2D eigenvalue weighted by Crippen LogP contribution is 2.32. The molecule has 0 heterocycles. The summed E-state index contributed by atoms with van der Waals surface area (Å²) in [5, 5.41) is 13.0. The Kier molecular flexibility index (Phi) is 13.7. The van der Waals surface area contributed by atoms with Crippen molar-refractivity contribution in [3.63, 3.8) is 0 Å². The zero-order valence-electron chi connectivity index (χ0n) is 24.6. The van der Waals surface area contributed by atoms with Gasteiger partial charge in [0.1, 0.15) is 0 Å². The summed E-state index contributed by atoms with van der Waals surface area (Å²) in [5.41, 5.74) is 2.83. The van der Waals surface area contributed by atoms with Crippen molar-refractivity contribution < 1.29 is 0 Å². The van der Waals surface area contributed by atoms with E-state index in [-0.39, 0.29) is 0 Å². The van der Waals surface area contributed by atoms with Gasteiger partial charge >= 0.3 is 0 Å². The molecule has 0 bridgehead atoms. The fourth-order valence-electron chi connectivity index (χ4n) is 5.18. The van der Waals surface area contributed by atoms with E-state index in [1.807, 2.05) is 23.5 Å². The molecule has 0 aromatic heterocycles. The number of hydrogen-bond donors (Lipinski definition) is 2. The Balaban J connectivity index is 1.13. The number of benzene rings is 4. The molecule has 0 spiro atoms. The van der Waals surface area contributed by atoms with Crippen LogP contribution >= 0.6 is 23.5 Å². The lowest BCUT2D eigenvalue weighted by Gasteiger charge is -2.12. The number of thioether (sulfide) groups is 2. The van der Waals surface area contributed by atoms with Crippen LogP contribution in [-0.2, 0) is 13.1 Å². The van der Waals surface area contributed by atoms with E-state index in [0.717, 1.165) is 26.2 Å². The molecule has 0 radical (unpaired) electrons. The summed E-state index contributed by atoms with van der Waals surface area (Å²) in [6, 6.07) is 27.1. The second-order valence-corrected chi connectivity index (χ2v) is 13.0. The van der Waals surface area contributed by atoms with Crippen molar-refractivity contribution in [1.29, 1.82) is 0 Å². The maximum atomic E-state index is 3.70. The van der Waals surface area contributed by atoms with Gasteiger partial charge in [0.05, 0.1) is 0 Å². The molecule has 0 fully saturated rings. The van der Waals surface area contributed by atoms with Crippen LogP contribution in [0.4, 0.5) is 0 Å². The minimum Gasteiger partial charge on any atom is -0.313 e. The van der Waals surface area contributed by atoms with Gasteiger partial charge in [-0.3, -0.25) is 0 Å². The number of hydrogen-bond acceptors (Lipinski definition) is 4. The molecule has 0 atom stereocenters. The SMILES string of the molecule is CCCCSc1ccc(CNCCCCCCNCc2ccc(SCCCC)c3ccccc23)c2ccccc12. The van der Waals surface area contributed by atoms with Crippen molar-refractivity contribution >= 4 is 45.1 Å². The normalized spacial score (nSPS) is 11.6. The minimum atomic E-state index is 0.950. The minimum absolute atomic E-state index is 0.950. The molecule has 0 aliphatic rings. The van der Waals surface area contributed by atoms with Gasteiger partial charge in [0.25, 0.3) is 0 Å². The maximum absolute atomic E-state index is 3.70. The quantitative estimate of drug-likeness (QED) is 0.0862. The van der Waals surface area contributed by atoms with Crippen LogP contribution in [0.3, 0.4) is 0 Å². The molecule has 40 heavy (non-hydrogen) atoms. The van der Waals surface area contributed by atoms with Crippen LogP contribution in [0, 0.1) is 0 Å². The van der Waals surface area contributed by atoms with Crippen molar-refractivity contribution in [1.82, 2.24) is 10.6 Å². The molecule has 0 unspecified atom stereocenters. The van der Waals surface area contributed by atoms with Gasteiger partial charge in [-0.2, -0.15) is 0 Å². The van der Waals surface area contributed by atoms with E-state index in [4.69, 9.17) is 0 Å². The fourth-order valence-corrected chi connectivity index (χ4v) is 7.48. The molecular weight excluding hydrogens is 525 g/mol. The third-order valence-corrected chi connectivity index (χ3v) is 9.87. The summed E-state index contributed by atoms with van der Waals surface area (Å²) in [6.07, 6.45) is 10.1. The maximum Gasteiger partial charge on any atom is 0.0211 e. The van der Waals surface area contributed by atoms with Crippen molar-refractivity contribution in [2.45, 2.75) is 88.1 Å². The topological polar surface area (TPSA) is 24.1 Å². The third kappa shape index (κ3) is 9.27. The summed E-state index contributed by atoms with van der Waals surface area (Å²) >= 11 is 4.00. The van der Waals surface area contributed by atoms with E-state index in [1.54, 1.807) is 0 Å². The zero-order chi connectivity index (χ0) is 27.8. The van der Waals surface area contributed by atoms with E-state index >= 15 is 0 Å². The molecule has 214 valence electrons. The van der Waals surface area contributed by atoms with Crippen LogP contribution in [-0.4, -0.2) is 24.6 Å². The van der Waals surface area contributed by atoms with Crippen molar-refractivity contribution in [2.75, 3.05) is 24.6 Å². The van der Waals surface area contributed by atoms with E-state index < -0.39 is 0 Å². The van der Waals surface area contributed by atoms with Gasteiger partial charge < -0.3 is 10.6 Å². The molecule has 2 nitrogen and oxygen atoms in total. The van der Waals surface area contributed by atoms with Gasteiger partial charge in [0.15, 0.2) is 0 Å². The molecule has 0 aliphatic heterocycles. The standard InChI is InChI=1S/C36H48N2S2/c1-3-5-25-39-35-21-19-29(31-15-9-11-17-33(31)35)27-37-23-13-7-8-14-24-38-28-30-20-22-36(40-26-6-4-2)34-18-12-10-16-32(30)34/h9-12,15-22,37-38H,3-8,13-14,23-28H2,1-2H3. The molecule has 4 heteroatoms. The van der Waals surface area contributed by atoms with Gasteiger partial charge in [0.2, 0.25) is 0 Å². The van der Waals surface area contributed by atoms with Crippen LogP contribution < -0.4 is 10.6 Å². The highest BCUT2D eigenvalue weighted by Gasteiger charge is 2.07. The summed E-state index contributed by atoms with van der Waals surface area (Å²) in [7, 11) is 0. The Bertz CT molecular complexity index is 1200. The molecule has 4 rings (SSSR count). The predicted molar refractivity (Wildman–Crippen MR) is 181 cm³/mol. The van der Waals surface area contributed by atoms with E-state index in [9.17, 15) is 0 Å². The molecule has 0 amide bonds. The van der Waals surface area contributed by atoms with Crippen LogP contribution in [0.1, 0.15) is 76.3 Å². The van der Waals surface area contributed by atoms with Crippen LogP contribution in [0.15, 0.2) is 82.6 Å². The Labute approximate surface area is 251 Å². The molecule has 0 saturated carbocycles. The van der Waals surface area contributed by atoms with Gasteiger partial charge in [0, 0.05) is 22.9 Å². The lowest BCUT2D eigenvalue weighted by molar-refractivity contribution is 0.564. The fraction of sp³-hybridized carbons (Fsp3) is 0.444. The van der Waals surface area contributed by atoms with E-state index in [0.29, 0.717) is 0 Å². The van der Waals surface area contributed by atoms with Crippen LogP contribution in [0.5, 0.6) is 0 Å². The average molecular weight is 573 g/mol. The van der Waals surface area contributed by atoms with E-state index in [2.05, 4.69) is 97.3 Å². The third-order valence-electron chi connectivity index (χ3n) is 7.55. The van der Waals surface area contributed by atoms with Crippen LogP contribution in [0.25, 0.3) is 21.5 Å². The monoisotopic (exact) mass is 572 g/mol. The summed E-state index contributed by atoms with van der Waals surface area (Å²) in [4.78, 5) is 2.85. The Morgan fingerprint density at radius 3 is 1.32 bits per heavy atom. The second kappa shape index (κ2) is 17.7. The predicted octanol–water partition coefficient (Wildman–Crippen LogP) is 10.2. The van der Waals surface area contributed by atoms with Crippen LogP contribution in [0.2, 0.25) is 0 Å². The number of unbranched alkanes of at least 4 members (excludes halogenated alkanes) is 5. The summed E-state index contributed by atoms with van der Waals surface area (Å²) < 4.78 is 0. The number of fused-ring (bicyclic) bond motifs is 2. The summed E-state index contributed by atoms with van der Waals surface area (Å²) in [6.45, 7) is 8.60. The number of rotatable bonds is 19. The first kappa shape index (κ1) is 31.0. The van der Waals surface area contributed by atoms with E-state index in [1.165, 1.54) is 105 Å². The smallest absolute Gasteiger partial charge is 0.0211 e. The molecular formula is C36H48N2S2. The lowest BCUT2D eigenvalue weighted by Crippen LogP contribution is -2.16. The van der Waals surface area contributed by atoms with Crippen molar-refractivity contribution in [3.8, 4) is 0 Å². The first-order valence-corrected chi connectivity index (χ1v) is 17.5. The average Bonchev–Trinajstić information content (AvgIpc) is 2.99. The first-order chi connectivity index (χ1) is 19.8. The molecule has 0 aliphatic carbocycles. The van der Waals surface area contributed by atoms with Crippen molar-refractivity contribution in [3.05, 3.63) is 83.9 Å². The highest BCUT2D eigenvalue weighted by molar-refractivity contribution is 7.99. The van der Waals surface area contributed by atoms with Gasteiger partial charge in [-0.05, 0) is 95.1 Å². The Hall–Kier alpha value is -1.98.